The van der Waals surface area contributed by atoms with Crippen molar-refractivity contribution in [2.45, 2.75) is 34.2 Å². The molecule has 3 aromatic rings. The molecule has 3 rings (SSSR count). The fraction of sp³-hybridized carbons (Fsp3) is 0.316. The molecular weight excluding hydrogens is 384 g/mol. The van der Waals surface area contributed by atoms with E-state index in [0.717, 1.165) is 26.6 Å². The fourth-order valence-electron chi connectivity index (χ4n) is 2.28. The molecule has 27 heavy (non-hydrogen) atoms. The van der Waals surface area contributed by atoms with Gasteiger partial charge < -0.3 is 15.6 Å². The van der Waals surface area contributed by atoms with Crippen LogP contribution in [0.1, 0.15) is 31.9 Å². The lowest BCUT2D eigenvalue weighted by Gasteiger charge is -2.16. The van der Waals surface area contributed by atoms with E-state index in [1.165, 1.54) is 11.3 Å². The number of carbonyl (C=O) groups is 1. The molecule has 8 heteroatoms. The quantitative estimate of drug-likeness (QED) is 0.658. The highest BCUT2D eigenvalue weighted by atomic mass is 35.5. The summed E-state index contributed by atoms with van der Waals surface area (Å²) in [7, 11) is 0. The fourth-order valence-corrected chi connectivity index (χ4v) is 3.27. The van der Waals surface area contributed by atoms with Crippen LogP contribution < -0.4 is 11.1 Å². The third-order valence-corrected chi connectivity index (χ3v) is 5.04. The third kappa shape index (κ3) is 4.74. The molecule has 0 unspecified atom stereocenters. The van der Waals surface area contributed by atoms with E-state index in [9.17, 15) is 4.79 Å². The summed E-state index contributed by atoms with van der Waals surface area (Å²) in [5.74, 6) is 0.940. The first-order valence-electron chi connectivity index (χ1n) is 8.33. The maximum atomic E-state index is 12.2. The van der Waals surface area contributed by atoms with Crippen molar-refractivity contribution in [1.82, 2.24) is 10.1 Å². The molecule has 3 N–H and O–H groups in total. The summed E-state index contributed by atoms with van der Waals surface area (Å²) in [6.07, 6.45) is 0. The SMILES string of the molecule is Cc1cc(NC(=O)C(C)(C)C)sc1-c1nc(-c2ccc(CN)cc2)no1.Cl. The molecule has 2 aromatic heterocycles. The number of nitrogens with two attached hydrogens (primary N) is 1. The normalized spacial score (nSPS) is 11.1. The van der Waals surface area contributed by atoms with Crippen LogP contribution in [0.15, 0.2) is 34.9 Å². The van der Waals surface area contributed by atoms with Crippen LogP contribution in [0.3, 0.4) is 0 Å². The number of halogens is 1. The molecular formula is C19H23ClN4O2S. The Labute approximate surface area is 168 Å². The highest BCUT2D eigenvalue weighted by Crippen LogP contribution is 2.36. The van der Waals surface area contributed by atoms with Crippen molar-refractivity contribution in [2.75, 3.05) is 5.32 Å². The second-order valence-electron chi connectivity index (χ2n) is 7.15. The number of hydrogen-bond acceptors (Lipinski definition) is 6. The Morgan fingerprint density at radius 1 is 1.26 bits per heavy atom. The largest absolute Gasteiger partial charge is 0.333 e. The van der Waals surface area contributed by atoms with Crippen molar-refractivity contribution in [2.24, 2.45) is 11.1 Å². The van der Waals surface area contributed by atoms with Crippen molar-refractivity contribution < 1.29 is 9.32 Å². The molecule has 0 radical (unpaired) electrons. The Hall–Kier alpha value is -2.22. The Morgan fingerprint density at radius 3 is 2.52 bits per heavy atom. The molecule has 2 heterocycles. The highest BCUT2D eigenvalue weighted by molar-refractivity contribution is 7.19. The summed E-state index contributed by atoms with van der Waals surface area (Å²) in [5, 5.41) is 7.78. The summed E-state index contributed by atoms with van der Waals surface area (Å²) in [6, 6.07) is 9.66. The number of anilines is 1. The van der Waals surface area contributed by atoms with Gasteiger partial charge in [-0.15, -0.1) is 23.7 Å². The van der Waals surface area contributed by atoms with Crippen LogP contribution >= 0.6 is 23.7 Å². The van der Waals surface area contributed by atoms with Gasteiger partial charge in [-0.05, 0) is 24.1 Å². The van der Waals surface area contributed by atoms with Gasteiger partial charge in [-0.3, -0.25) is 4.79 Å². The Kier molecular flexibility index (Phi) is 6.41. The zero-order valence-electron chi connectivity index (χ0n) is 15.7. The van der Waals surface area contributed by atoms with Crippen LogP contribution in [0.5, 0.6) is 0 Å². The number of benzene rings is 1. The first kappa shape index (κ1) is 21.1. The van der Waals surface area contributed by atoms with Crippen molar-refractivity contribution in [3.63, 3.8) is 0 Å². The second kappa shape index (κ2) is 8.21. The van der Waals surface area contributed by atoms with E-state index in [2.05, 4.69) is 15.5 Å². The molecule has 0 saturated heterocycles. The number of carbonyl (C=O) groups excluding carboxylic acids is 1. The monoisotopic (exact) mass is 406 g/mol. The van der Waals surface area contributed by atoms with E-state index in [-0.39, 0.29) is 18.3 Å². The van der Waals surface area contributed by atoms with Crippen LogP contribution in [-0.4, -0.2) is 16.0 Å². The van der Waals surface area contributed by atoms with Crippen molar-refractivity contribution >= 4 is 34.7 Å². The molecule has 0 aliphatic carbocycles. The summed E-state index contributed by atoms with van der Waals surface area (Å²) in [4.78, 5) is 17.5. The van der Waals surface area contributed by atoms with Crippen molar-refractivity contribution in [3.05, 3.63) is 41.5 Å². The van der Waals surface area contributed by atoms with Gasteiger partial charge in [0.2, 0.25) is 11.7 Å². The number of hydrogen-bond donors (Lipinski definition) is 2. The number of amides is 1. The summed E-state index contributed by atoms with van der Waals surface area (Å²) in [6.45, 7) is 8.09. The van der Waals surface area contributed by atoms with Gasteiger partial charge >= 0.3 is 0 Å². The van der Waals surface area contributed by atoms with Gasteiger partial charge in [-0.2, -0.15) is 4.98 Å². The lowest BCUT2D eigenvalue weighted by Crippen LogP contribution is -2.27. The van der Waals surface area contributed by atoms with E-state index in [1.807, 2.05) is 58.0 Å². The predicted molar refractivity (Wildman–Crippen MR) is 111 cm³/mol. The van der Waals surface area contributed by atoms with E-state index in [1.54, 1.807) is 0 Å². The molecule has 0 aliphatic rings. The van der Waals surface area contributed by atoms with E-state index in [0.29, 0.717) is 18.3 Å². The first-order valence-corrected chi connectivity index (χ1v) is 9.15. The average Bonchev–Trinajstić information content (AvgIpc) is 3.21. The number of rotatable bonds is 4. The number of aryl methyl sites for hydroxylation is 1. The molecule has 0 spiro atoms. The number of aromatic nitrogens is 2. The molecule has 0 atom stereocenters. The second-order valence-corrected chi connectivity index (χ2v) is 8.20. The summed E-state index contributed by atoms with van der Waals surface area (Å²) in [5.41, 5.74) is 8.06. The Bertz CT molecular complexity index is 926. The minimum absolute atomic E-state index is 0. The van der Waals surface area contributed by atoms with E-state index >= 15 is 0 Å². The minimum atomic E-state index is -0.453. The maximum absolute atomic E-state index is 12.2. The molecule has 6 nitrogen and oxygen atoms in total. The van der Waals surface area contributed by atoms with Crippen molar-refractivity contribution in [3.8, 4) is 22.2 Å². The van der Waals surface area contributed by atoms with Crippen LogP contribution in [0.4, 0.5) is 5.00 Å². The third-order valence-electron chi connectivity index (χ3n) is 3.90. The molecule has 0 saturated carbocycles. The summed E-state index contributed by atoms with van der Waals surface area (Å²) < 4.78 is 5.44. The van der Waals surface area contributed by atoms with Crippen molar-refractivity contribution in [1.29, 1.82) is 0 Å². The van der Waals surface area contributed by atoms with Gasteiger partial charge in [0.25, 0.3) is 5.89 Å². The summed E-state index contributed by atoms with van der Waals surface area (Å²) >= 11 is 1.43. The van der Waals surface area contributed by atoms with Crippen LogP contribution in [0.25, 0.3) is 22.2 Å². The highest BCUT2D eigenvalue weighted by Gasteiger charge is 2.23. The van der Waals surface area contributed by atoms with Gasteiger partial charge in [0.05, 0.1) is 9.88 Å². The van der Waals surface area contributed by atoms with Gasteiger partial charge in [-0.25, -0.2) is 0 Å². The predicted octanol–water partition coefficient (Wildman–Crippen LogP) is 4.64. The van der Waals surface area contributed by atoms with E-state index < -0.39 is 5.41 Å². The maximum Gasteiger partial charge on any atom is 0.268 e. The first-order chi connectivity index (χ1) is 12.3. The van der Waals surface area contributed by atoms with Gasteiger partial charge in [0, 0.05) is 17.5 Å². The zero-order valence-corrected chi connectivity index (χ0v) is 17.3. The lowest BCUT2D eigenvalue weighted by molar-refractivity contribution is -0.123. The average molecular weight is 407 g/mol. The minimum Gasteiger partial charge on any atom is -0.333 e. The van der Waals surface area contributed by atoms with Gasteiger partial charge in [0.1, 0.15) is 0 Å². The number of thiophene rings is 1. The molecule has 144 valence electrons. The Balaban J connectivity index is 0.00000261. The molecule has 0 bridgehead atoms. The van der Waals surface area contributed by atoms with Crippen LogP contribution in [0.2, 0.25) is 0 Å². The number of nitrogens with one attached hydrogen (secondary N) is 1. The standard InChI is InChI=1S/C19H22N4O2S.ClH/c1-11-9-14(21-18(24)19(2,3)4)26-15(11)17-22-16(23-25-17)13-7-5-12(10-20)6-8-13;/h5-9H,10,20H2,1-4H3,(H,21,24);1H. The lowest BCUT2D eigenvalue weighted by atomic mass is 9.96. The van der Waals surface area contributed by atoms with Crippen LogP contribution in [0, 0.1) is 12.3 Å². The molecule has 0 fully saturated rings. The number of nitrogens with zero attached hydrogens (tertiary/aromatic N) is 2. The van der Waals surface area contributed by atoms with E-state index in [4.69, 9.17) is 10.3 Å². The molecule has 1 amide bonds. The molecule has 0 aliphatic heterocycles. The van der Waals surface area contributed by atoms with Gasteiger partial charge in [-0.1, -0.05) is 50.2 Å². The van der Waals surface area contributed by atoms with Gasteiger partial charge in [0.15, 0.2) is 0 Å². The topological polar surface area (TPSA) is 94.0 Å². The van der Waals surface area contributed by atoms with Crippen LogP contribution in [-0.2, 0) is 11.3 Å². The molecule has 1 aromatic carbocycles. The smallest absolute Gasteiger partial charge is 0.268 e. The zero-order chi connectivity index (χ0) is 18.9. The Morgan fingerprint density at radius 2 is 1.93 bits per heavy atom.